The van der Waals surface area contributed by atoms with Gasteiger partial charge in [0.25, 0.3) is 0 Å². The second-order valence-electron chi connectivity index (χ2n) is 5.82. The number of aromatic nitrogens is 1. The summed E-state index contributed by atoms with van der Waals surface area (Å²) in [7, 11) is 3.57. The number of carbonyl (C=O) groups is 1. The molecular formula is C17H18N4O. The highest BCUT2D eigenvalue weighted by Gasteiger charge is 2.30. The number of hydrogen-bond acceptors (Lipinski definition) is 4. The smallest absolute Gasteiger partial charge is 0.227 e. The van der Waals surface area contributed by atoms with Crippen LogP contribution in [0.15, 0.2) is 30.3 Å². The number of carbonyl (C=O) groups excluding carboxylic acids is 1. The first-order chi connectivity index (χ1) is 10.6. The van der Waals surface area contributed by atoms with E-state index >= 15 is 0 Å². The van der Waals surface area contributed by atoms with E-state index in [0.717, 1.165) is 29.7 Å². The van der Waals surface area contributed by atoms with Gasteiger partial charge in [-0.2, -0.15) is 5.26 Å². The van der Waals surface area contributed by atoms with E-state index in [2.05, 4.69) is 16.0 Å². The molecule has 112 valence electrons. The van der Waals surface area contributed by atoms with Gasteiger partial charge in [0.05, 0.1) is 23.1 Å². The number of nitriles is 1. The van der Waals surface area contributed by atoms with Crippen LogP contribution in [0.4, 0.5) is 5.82 Å². The minimum atomic E-state index is 0.00815. The van der Waals surface area contributed by atoms with Crippen molar-refractivity contribution in [3.63, 3.8) is 0 Å². The third kappa shape index (κ3) is 2.48. The Morgan fingerprint density at radius 3 is 2.91 bits per heavy atom. The van der Waals surface area contributed by atoms with Crippen LogP contribution < -0.4 is 4.90 Å². The fourth-order valence-corrected chi connectivity index (χ4v) is 2.95. The maximum absolute atomic E-state index is 12.1. The van der Waals surface area contributed by atoms with Gasteiger partial charge in [0.15, 0.2) is 0 Å². The molecule has 1 fully saturated rings. The number of benzene rings is 1. The van der Waals surface area contributed by atoms with Gasteiger partial charge in [-0.1, -0.05) is 18.2 Å². The largest absolute Gasteiger partial charge is 0.356 e. The summed E-state index contributed by atoms with van der Waals surface area (Å²) in [5.41, 5.74) is 1.45. The molecule has 5 heteroatoms. The molecular weight excluding hydrogens is 276 g/mol. The van der Waals surface area contributed by atoms with Crippen molar-refractivity contribution in [2.75, 3.05) is 32.1 Å². The van der Waals surface area contributed by atoms with E-state index in [1.165, 1.54) is 0 Å². The quantitative estimate of drug-likeness (QED) is 0.850. The molecule has 1 aliphatic heterocycles. The standard InChI is InChI=1S/C17H18N4O/c1-20(2)17(22)12-7-8-21(11-12)16-9-13(10-18)14-5-3-4-6-15(14)19-16/h3-6,9,12H,7-8,11H2,1-2H3. The monoisotopic (exact) mass is 294 g/mol. The summed E-state index contributed by atoms with van der Waals surface area (Å²) in [6.07, 6.45) is 0.827. The van der Waals surface area contributed by atoms with Crippen molar-refractivity contribution in [3.8, 4) is 6.07 Å². The molecule has 22 heavy (non-hydrogen) atoms. The molecule has 0 spiro atoms. The van der Waals surface area contributed by atoms with Gasteiger partial charge in [-0.3, -0.25) is 4.79 Å². The zero-order valence-corrected chi connectivity index (χ0v) is 12.8. The summed E-state index contributed by atoms with van der Waals surface area (Å²) in [5.74, 6) is 0.946. The van der Waals surface area contributed by atoms with Crippen LogP contribution in [-0.4, -0.2) is 43.0 Å². The molecule has 1 unspecified atom stereocenters. The van der Waals surface area contributed by atoms with Crippen molar-refractivity contribution in [2.24, 2.45) is 5.92 Å². The van der Waals surface area contributed by atoms with Gasteiger partial charge in [0.2, 0.25) is 5.91 Å². The summed E-state index contributed by atoms with van der Waals surface area (Å²) < 4.78 is 0. The van der Waals surface area contributed by atoms with Crippen molar-refractivity contribution >= 4 is 22.6 Å². The van der Waals surface area contributed by atoms with E-state index in [-0.39, 0.29) is 11.8 Å². The number of pyridine rings is 1. The topological polar surface area (TPSA) is 60.2 Å². The maximum Gasteiger partial charge on any atom is 0.227 e. The fraction of sp³-hybridized carbons (Fsp3) is 0.353. The highest BCUT2D eigenvalue weighted by molar-refractivity contribution is 5.86. The van der Waals surface area contributed by atoms with Crippen LogP contribution in [0, 0.1) is 17.2 Å². The lowest BCUT2D eigenvalue weighted by atomic mass is 10.1. The molecule has 0 saturated carbocycles. The van der Waals surface area contributed by atoms with Gasteiger partial charge in [-0.05, 0) is 18.6 Å². The number of fused-ring (bicyclic) bond motifs is 1. The summed E-state index contributed by atoms with van der Waals surface area (Å²) in [5, 5.41) is 10.2. The van der Waals surface area contributed by atoms with Crippen molar-refractivity contribution in [2.45, 2.75) is 6.42 Å². The van der Waals surface area contributed by atoms with Crippen LogP contribution in [0.5, 0.6) is 0 Å². The van der Waals surface area contributed by atoms with Crippen molar-refractivity contribution in [3.05, 3.63) is 35.9 Å². The molecule has 2 aromatic rings. The molecule has 1 aliphatic rings. The highest BCUT2D eigenvalue weighted by Crippen LogP contribution is 2.27. The molecule has 0 aliphatic carbocycles. The third-order valence-corrected chi connectivity index (χ3v) is 4.13. The van der Waals surface area contributed by atoms with Gasteiger partial charge in [0.1, 0.15) is 5.82 Å². The van der Waals surface area contributed by atoms with E-state index < -0.39 is 0 Å². The molecule has 1 aromatic carbocycles. The lowest BCUT2D eigenvalue weighted by molar-refractivity contribution is -0.132. The zero-order valence-electron chi connectivity index (χ0n) is 12.8. The first-order valence-electron chi connectivity index (χ1n) is 7.36. The lowest BCUT2D eigenvalue weighted by Crippen LogP contribution is -2.32. The summed E-state index contributed by atoms with van der Waals surface area (Å²) >= 11 is 0. The molecule has 1 amide bonds. The zero-order chi connectivity index (χ0) is 15.7. The highest BCUT2D eigenvalue weighted by atomic mass is 16.2. The number of anilines is 1. The van der Waals surface area contributed by atoms with Gasteiger partial charge in [-0.15, -0.1) is 0 Å². The number of nitrogens with zero attached hydrogens (tertiary/aromatic N) is 4. The molecule has 1 aromatic heterocycles. The Morgan fingerprint density at radius 1 is 1.41 bits per heavy atom. The van der Waals surface area contributed by atoms with Gasteiger partial charge in [-0.25, -0.2) is 4.98 Å². The number of amides is 1. The second kappa shape index (κ2) is 5.64. The molecule has 1 atom stereocenters. The molecule has 0 bridgehead atoms. The summed E-state index contributed by atoms with van der Waals surface area (Å²) in [6.45, 7) is 1.45. The molecule has 5 nitrogen and oxygen atoms in total. The molecule has 0 N–H and O–H groups in total. The normalized spacial score (nSPS) is 17.5. The third-order valence-electron chi connectivity index (χ3n) is 4.13. The Bertz CT molecular complexity index is 763. The Balaban J connectivity index is 1.92. The van der Waals surface area contributed by atoms with Crippen LogP contribution in [0.1, 0.15) is 12.0 Å². The van der Waals surface area contributed by atoms with Crippen molar-refractivity contribution in [1.29, 1.82) is 5.26 Å². The Kier molecular flexibility index (Phi) is 3.68. The van der Waals surface area contributed by atoms with Crippen molar-refractivity contribution in [1.82, 2.24) is 9.88 Å². The van der Waals surface area contributed by atoms with Gasteiger partial charge < -0.3 is 9.80 Å². The fourth-order valence-electron chi connectivity index (χ4n) is 2.95. The van der Waals surface area contributed by atoms with Crippen LogP contribution >= 0.6 is 0 Å². The van der Waals surface area contributed by atoms with E-state index in [1.807, 2.05) is 30.3 Å². The predicted octanol–water partition coefficient (Wildman–Crippen LogP) is 2.02. The van der Waals surface area contributed by atoms with Gasteiger partial charge in [0, 0.05) is 32.6 Å². The molecule has 1 saturated heterocycles. The van der Waals surface area contributed by atoms with Gasteiger partial charge >= 0.3 is 0 Å². The van der Waals surface area contributed by atoms with E-state index in [9.17, 15) is 10.1 Å². The molecule has 2 heterocycles. The van der Waals surface area contributed by atoms with Crippen LogP contribution in [0.25, 0.3) is 10.9 Å². The van der Waals surface area contributed by atoms with Crippen LogP contribution in [0.2, 0.25) is 0 Å². The first-order valence-corrected chi connectivity index (χ1v) is 7.36. The Morgan fingerprint density at radius 2 is 2.18 bits per heavy atom. The van der Waals surface area contributed by atoms with E-state index in [1.54, 1.807) is 19.0 Å². The SMILES string of the molecule is CN(C)C(=O)C1CCN(c2cc(C#N)c3ccccc3n2)C1. The number of para-hydroxylation sites is 1. The summed E-state index contributed by atoms with van der Waals surface area (Å²) in [6, 6.07) is 11.7. The lowest BCUT2D eigenvalue weighted by Gasteiger charge is -2.19. The minimum absolute atomic E-state index is 0.00815. The Hall–Kier alpha value is -2.61. The minimum Gasteiger partial charge on any atom is -0.356 e. The second-order valence-corrected chi connectivity index (χ2v) is 5.82. The van der Waals surface area contributed by atoms with Crippen LogP contribution in [0.3, 0.4) is 0 Å². The van der Waals surface area contributed by atoms with Crippen LogP contribution in [-0.2, 0) is 4.79 Å². The maximum atomic E-state index is 12.1. The predicted molar refractivity (Wildman–Crippen MR) is 85.5 cm³/mol. The average Bonchev–Trinajstić information content (AvgIpc) is 3.02. The van der Waals surface area contributed by atoms with Crippen molar-refractivity contribution < 1.29 is 4.79 Å². The number of rotatable bonds is 2. The summed E-state index contributed by atoms with van der Waals surface area (Å²) in [4.78, 5) is 20.5. The number of hydrogen-bond donors (Lipinski definition) is 0. The molecule has 0 radical (unpaired) electrons. The average molecular weight is 294 g/mol. The molecule has 3 rings (SSSR count). The Labute approximate surface area is 129 Å². The van der Waals surface area contributed by atoms with E-state index in [4.69, 9.17) is 0 Å². The van der Waals surface area contributed by atoms with E-state index in [0.29, 0.717) is 12.1 Å². The first kappa shape index (κ1) is 14.3.